The van der Waals surface area contributed by atoms with Crippen LogP contribution in [-0.2, 0) is 21.2 Å². The number of fused-ring (bicyclic) bond motifs is 1. The van der Waals surface area contributed by atoms with Gasteiger partial charge < -0.3 is 10.4 Å². The van der Waals surface area contributed by atoms with E-state index in [4.69, 9.17) is 4.98 Å². The van der Waals surface area contributed by atoms with Crippen molar-refractivity contribution in [3.8, 4) is 0 Å². The Morgan fingerprint density at radius 1 is 1.27 bits per heavy atom. The summed E-state index contributed by atoms with van der Waals surface area (Å²) >= 11 is 0. The predicted molar refractivity (Wildman–Crippen MR) is 114 cm³/mol. The van der Waals surface area contributed by atoms with Gasteiger partial charge in [-0.05, 0) is 44.9 Å². The Bertz CT molecular complexity index is 916. The lowest BCUT2D eigenvalue weighted by molar-refractivity contribution is -0.120. The first-order valence-corrected chi connectivity index (χ1v) is 12.7. The van der Waals surface area contributed by atoms with Crippen LogP contribution in [0.25, 0.3) is 0 Å². The number of aryl methyl sites for hydroxylation is 1. The van der Waals surface area contributed by atoms with Gasteiger partial charge in [0, 0.05) is 37.3 Å². The van der Waals surface area contributed by atoms with Gasteiger partial charge >= 0.3 is 0 Å². The zero-order chi connectivity index (χ0) is 21.5. The van der Waals surface area contributed by atoms with E-state index in [1.54, 1.807) is 11.1 Å². The summed E-state index contributed by atoms with van der Waals surface area (Å²) in [6, 6.07) is -0.178. The van der Waals surface area contributed by atoms with Crippen LogP contribution in [0.2, 0.25) is 0 Å². The Morgan fingerprint density at radius 3 is 2.67 bits per heavy atom. The van der Waals surface area contributed by atoms with Crippen LogP contribution in [0.5, 0.6) is 0 Å². The molecule has 30 heavy (non-hydrogen) atoms. The minimum atomic E-state index is -3.16. The molecule has 10 heteroatoms. The van der Waals surface area contributed by atoms with Crippen molar-refractivity contribution in [2.45, 2.75) is 76.0 Å². The lowest BCUT2D eigenvalue weighted by atomic mass is 9.91. The number of amides is 1. The number of piperidine rings is 1. The van der Waals surface area contributed by atoms with E-state index in [2.05, 4.69) is 10.3 Å². The molecule has 1 aromatic rings. The molecule has 1 aliphatic carbocycles. The quantitative estimate of drug-likeness (QED) is 0.713. The van der Waals surface area contributed by atoms with Gasteiger partial charge in [0.25, 0.3) is 0 Å². The molecule has 2 unspecified atom stereocenters. The van der Waals surface area contributed by atoms with Gasteiger partial charge in [-0.1, -0.05) is 6.92 Å². The summed E-state index contributed by atoms with van der Waals surface area (Å²) < 4.78 is 24.9. The van der Waals surface area contributed by atoms with Crippen molar-refractivity contribution in [2.24, 2.45) is 0 Å². The van der Waals surface area contributed by atoms with Gasteiger partial charge in [0.05, 0.1) is 17.9 Å². The van der Waals surface area contributed by atoms with Crippen molar-refractivity contribution in [1.82, 2.24) is 14.3 Å². The topological polar surface area (TPSA) is 116 Å². The molecule has 1 saturated heterocycles. The zero-order valence-electron chi connectivity index (χ0n) is 17.7. The highest BCUT2D eigenvalue weighted by Crippen LogP contribution is 2.40. The molecule has 0 radical (unpaired) electrons. The Labute approximate surface area is 177 Å². The number of hydrogen-bond donors (Lipinski definition) is 2. The van der Waals surface area contributed by atoms with Crippen LogP contribution in [0, 0.1) is 0 Å². The van der Waals surface area contributed by atoms with Crippen LogP contribution in [-0.4, -0.2) is 70.7 Å². The zero-order valence-corrected chi connectivity index (χ0v) is 18.5. The van der Waals surface area contributed by atoms with Crippen molar-refractivity contribution < 1.29 is 18.3 Å². The Balaban J connectivity index is 1.54. The van der Waals surface area contributed by atoms with E-state index in [1.165, 1.54) is 10.6 Å². The molecule has 3 heterocycles. The standard InChI is InChI=1S/C20H31N5O4S/c1-3-20(27)10-4-5-16(20)25-17(26)7-6-14-13-21-19(23-18(14)25)22-15-8-11-24(12-9-15)30(2,28)29/h13,15-16,27H,3-12H2,1-2H3,(H,21,22,23). The summed E-state index contributed by atoms with van der Waals surface area (Å²) in [7, 11) is -3.16. The molecule has 1 aromatic heterocycles. The number of anilines is 2. The molecule has 1 amide bonds. The van der Waals surface area contributed by atoms with Gasteiger partial charge in [0.1, 0.15) is 5.82 Å². The fourth-order valence-corrected chi connectivity index (χ4v) is 5.86. The molecule has 2 fully saturated rings. The molecule has 2 aliphatic heterocycles. The van der Waals surface area contributed by atoms with Gasteiger partial charge in [-0.2, -0.15) is 4.98 Å². The maximum Gasteiger partial charge on any atom is 0.228 e. The Hall–Kier alpha value is -1.78. The molecule has 3 aliphatic rings. The molecule has 2 atom stereocenters. The van der Waals surface area contributed by atoms with E-state index in [-0.39, 0.29) is 18.0 Å². The molecule has 0 aromatic carbocycles. The van der Waals surface area contributed by atoms with Gasteiger partial charge in [-0.15, -0.1) is 0 Å². The lowest BCUT2D eigenvalue weighted by Crippen LogP contribution is -2.53. The van der Waals surface area contributed by atoms with Crippen molar-refractivity contribution in [1.29, 1.82) is 0 Å². The first kappa shape index (κ1) is 21.5. The van der Waals surface area contributed by atoms with Crippen molar-refractivity contribution in [2.75, 3.05) is 29.6 Å². The highest BCUT2D eigenvalue weighted by atomic mass is 32.2. The molecular formula is C20H31N5O4S. The number of hydrogen-bond acceptors (Lipinski definition) is 7. The largest absolute Gasteiger partial charge is 0.388 e. The molecule has 1 saturated carbocycles. The van der Waals surface area contributed by atoms with Gasteiger partial charge in [0.15, 0.2) is 0 Å². The van der Waals surface area contributed by atoms with Crippen molar-refractivity contribution >= 4 is 27.7 Å². The normalized spacial score (nSPS) is 28.6. The lowest BCUT2D eigenvalue weighted by Gasteiger charge is -2.40. The minimum Gasteiger partial charge on any atom is -0.388 e. The van der Waals surface area contributed by atoms with Crippen molar-refractivity contribution in [3.05, 3.63) is 11.8 Å². The van der Waals surface area contributed by atoms with E-state index in [0.29, 0.717) is 63.4 Å². The molecule has 4 rings (SSSR count). The third-order valence-electron chi connectivity index (χ3n) is 6.83. The molecule has 0 spiro atoms. The van der Waals surface area contributed by atoms with Crippen LogP contribution in [0.15, 0.2) is 6.20 Å². The first-order chi connectivity index (χ1) is 14.2. The van der Waals surface area contributed by atoms with Gasteiger partial charge in [-0.25, -0.2) is 17.7 Å². The number of carbonyl (C=O) groups is 1. The second-order valence-electron chi connectivity index (χ2n) is 8.75. The average Bonchev–Trinajstić information content (AvgIpc) is 3.09. The number of sulfonamides is 1. The molecular weight excluding hydrogens is 406 g/mol. The molecule has 2 N–H and O–H groups in total. The first-order valence-electron chi connectivity index (χ1n) is 10.8. The number of aliphatic hydroxyl groups is 1. The minimum absolute atomic E-state index is 0.00684. The third-order valence-corrected chi connectivity index (χ3v) is 8.14. The summed E-state index contributed by atoms with van der Waals surface area (Å²) in [6.07, 6.45) is 8.33. The summed E-state index contributed by atoms with van der Waals surface area (Å²) in [4.78, 5) is 23.7. The highest BCUT2D eigenvalue weighted by Gasteiger charge is 2.47. The van der Waals surface area contributed by atoms with Gasteiger partial charge in [0.2, 0.25) is 21.9 Å². The highest BCUT2D eigenvalue weighted by molar-refractivity contribution is 7.88. The maximum absolute atomic E-state index is 12.9. The van der Waals surface area contributed by atoms with E-state index in [0.717, 1.165) is 18.4 Å². The van der Waals surface area contributed by atoms with Crippen LogP contribution in [0.3, 0.4) is 0 Å². The number of rotatable bonds is 5. The fourth-order valence-electron chi connectivity index (χ4n) is 4.99. The van der Waals surface area contributed by atoms with Crippen LogP contribution < -0.4 is 10.2 Å². The number of carbonyl (C=O) groups excluding carboxylic acids is 1. The number of nitrogens with one attached hydrogen (secondary N) is 1. The number of aromatic nitrogens is 2. The summed E-state index contributed by atoms with van der Waals surface area (Å²) in [5.74, 6) is 1.06. The smallest absolute Gasteiger partial charge is 0.228 e. The predicted octanol–water partition coefficient (Wildman–Crippen LogP) is 1.29. The van der Waals surface area contributed by atoms with E-state index < -0.39 is 15.6 Å². The second-order valence-corrected chi connectivity index (χ2v) is 10.7. The van der Waals surface area contributed by atoms with Crippen LogP contribution in [0.1, 0.15) is 57.4 Å². The second kappa shape index (κ2) is 8.05. The number of nitrogens with zero attached hydrogens (tertiary/aromatic N) is 4. The monoisotopic (exact) mass is 437 g/mol. The van der Waals surface area contributed by atoms with Gasteiger partial charge in [-0.3, -0.25) is 9.69 Å². The average molecular weight is 438 g/mol. The van der Waals surface area contributed by atoms with E-state index in [9.17, 15) is 18.3 Å². The summed E-state index contributed by atoms with van der Waals surface area (Å²) in [6.45, 7) is 2.90. The van der Waals surface area contributed by atoms with Crippen LogP contribution >= 0.6 is 0 Å². The van der Waals surface area contributed by atoms with E-state index >= 15 is 0 Å². The SMILES string of the molecule is CCC1(O)CCCC1N1C(=O)CCc2cnc(NC3CCN(S(C)(=O)=O)CC3)nc21. The molecule has 166 valence electrons. The van der Waals surface area contributed by atoms with Crippen LogP contribution in [0.4, 0.5) is 11.8 Å². The molecule has 0 bridgehead atoms. The fraction of sp³-hybridized carbons (Fsp3) is 0.750. The summed E-state index contributed by atoms with van der Waals surface area (Å²) in [5.41, 5.74) is 0.0544. The Morgan fingerprint density at radius 2 is 2.00 bits per heavy atom. The molecule has 9 nitrogen and oxygen atoms in total. The maximum atomic E-state index is 12.9. The third kappa shape index (κ3) is 4.04. The summed E-state index contributed by atoms with van der Waals surface area (Å²) in [5, 5.41) is 14.4. The Kier molecular flexibility index (Phi) is 5.75. The van der Waals surface area contributed by atoms with E-state index in [1.807, 2.05) is 6.92 Å². The van der Waals surface area contributed by atoms with Crippen molar-refractivity contribution in [3.63, 3.8) is 0 Å².